The first-order valence-corrected chi connectivity index (χ1v) is 4.91. The number of amides is 1. The maximum Gasteiger partial charge on any atom is 0.255 e. The lowest BCUT2D eigenvalue weighted by Gasteiger charge is -2.14. The van der Waals surface area contributed by atoms with Crippen molar-refractivity contribution in [2.45, 2.75) is 13.0 Å². The van der Waals surface area contributed by atoms with Gasteiger partial charge in [-0.3, -0.25) is 9.69 Å². The van der Waals surface area contributed by atoms with Crippen LogP contribution in [0.2, 0.25) is 0 Å². The number of anilines is 1. The largest absolute Gasteiger partial charge is 0.350 e. The van der Waals surface area contributed by atoms with Crippen molar-refractivity contribution in [1.82, 2.24) is 5.32 Å². The highest BCUT2D eigenvalue weighted by Crippen LogP contribution is 2.22. The molecule has 0 saturated carbocycles. The number of benzene rings is 1. The van der Waals surface area contributed by atoms with E-state index < -0.39 is 11.9 Å². The standard InChI is InChI=1S/C10H9FN2OS/c1-6-9(14)13(10(15)12-6)8-5-3-2-4-7(8)11/h2-6H,1H3,(H,12,15). The topological polar surface area (TPSA) is 32.3 Å². The molecule has 0 aliphatic carbocycles. The SMILES string of the molecule is CC1NC(=S)N(c2ccccc2F)C1=O. The molecule has 1 aliphatic rings. The number of nitrogens with one attached hydrogen (secondary N) is 1. The number of thiocarbonyl (C=S) groups is 1. The summed E-state index contributed by atoms with van der Waals surface area (Å²) < 4.78 is 13.4. The van der Waals surface area contributed by atoms with Crippen molar-refractivity contribution < 1.29 is 9.18 Å². The highest BCUT2D eigenvalue weighted by Gasteiger charge is 2.34. The second-order valence-electron chi connectivity index (χ2n) is 3.30. The molecule has 1 heterocycles. The summed E-state index contributed by atoms with van der Waals surface area (Å²) >= 11 is 4.96. The van der Waals surface area contributed by atoms with E-state index in [0.717, 1.165) is 0 Å². The summed E-state index contributed by atoms with van der Waals surface area (Å²) in [6, 6.07) is 5.67. The van der Waals surface area contributed by atoms with Gasteiger partial charge in [-0.1, -0.05) is 12.1 Å². The van der Waals surface area contributed by atoms with Gasteiger partial charge in [-0.2, -0.15) is 0 Å². The third-order valence-electron chi connectivity index (χ3n) is 2.23. The maximum absolute atomic E-state index is 13.4. The van der Waals surface area contributed by atoms with Crippen molar-refractivity contribution in [2.24, 2.45) is 0 Å². The summed E-state index contributed by atoms with van der Waals surface area (Å²) in [7, 11) is 0. The van der Waals surface area contributed by atoms with Gasteiger partial charge in [0.2, 0.25) is 0 Å². The Bertz CT molecular complexity index is 435. The zero-order valence-corrected chi connectivity index (χ0v) is 8.84. The Morgan fingerprint density at radius 3 is 2.67 bits per heavy atom. The van der Waals surface area contributed by atoms with E-state index in [9.17, 15) is 9.18 Å². The molecule has 1 fully saturated rings. The molecule has 1 N–H and O–H groups in total. The lowest BCUT2D eigenvalue weighted by atomic mass is 10.2. The molecule has 5 heteroatoms. The molecule has 0 radical (unpaired) electrons. The molecule has 1 aromatic rings. The lowest BCUT2D eigenvalue weighted by molar-refractivity contribution is -0.117. The van der Waals surface area contributed by atoms with Crippen LogP contribution in [0.4, 0.5) is 10.1 Å². The zero-order valence-electron chi connectivity index (χ0n) is 8.03. The molecule has 1 aliphatic heterocycles. The van der Waals surface area contributed by atoms with Gasteiger partial charge in [0.05, 0.1) is 5.69 Å². The maximum atomic E-state index is 13.4. The van der Waals surface area contributed by atoms with E-state index in [-0.39, 0.29) is 16.7 Å². The van der Waals surface area contributed by atoms with E-state index in [1.807, 2.05) is 0 Å². The fourth-order valence-electron chi connectivity index (χ4n) is 1.47. The van der Waals surface area contributed by atoms with Crippen molar-refractivity contribution >= 4 is 28.9 Å². The van der Waals surface area contributed by atoms with Gasteiger partial charge in [0.25, 0.3) is 5.91 Å². The van der Waals surface area contributed by atoms with Gasteiger partial charge in [-0.25, -0.2) is 4.39 Å². The number of carbonyl (C=O) groups excluding carboxylic acids is 1. The molecule has 1 amide bonds. The van der Waals surface area contributed by atoms with Crippen molar-refractivity contribution in [1.29, 1.82) is 0 Å². The van der Waals surface area contributed by atoms with E-state index in [1.54, 1.807) is 19.1 Å². The highest BCUT2D eigenvalue weighted by molar-refractivity contribution is 7.80. The third kappa shape index (κ3) is 1.59. The molecular formula is C10H9FN2OS. The average molecular weight is 224 g/mol. The quantitative estimate of drug-likeness (QED) is 0.732. The van der Waals surface area contributed by atoms with Crippen molar-refractivity contribution in [3.8, 4) is 0 Å². The van der Waals surface area contributed by atoms with E-state index in [0.29, 0.717) is 0 Å². The molecule has 0 spiro atoms. The summed E-state index contributed by atoms with van der Waals surface area (Å²) in [6.07, 6.45) is 0. The number of hydrogen-bond donors (Lipinski definition) is 1. The van der Waals surface area contributed by atoms with Crippen LogP contribution < -0.4 is 10.2 Å². The number of nitrogens with zero attached hydrogens (tertiary/aromatic N) is 1. The first kappa shape index (κ1) is 10.0. The van der Waals surface area contributed by atoms with E-state index >= 15 is 0 Å². The molecular weight excluding hydrogens is 215 g/mol. The Balaban J connectivity index is 2.44. The summed E-state index contributed by atoms with van der Waals surface area (Å²) in [5, 5.41) is 3.03. The van der Waals surface area contributed by atoms with E-state index in [2.05, 4.69) is 5.32 Å². The van der Waals surface area contributed by atoms with Crippen LogP contribution in [0, 0.1) is 5.82 Å². The zero-order chi connectivity index (χ0) is 11.0. The normalized spacial score (nSPS) is 20.7. The molecule has 1 atom stereocenters. The van der Waals surface area contributed by atoms with Gasteiger partial charge in [0, 0.05) is 0 Å². The fraction of sp³-hybridized carbons (Fsp3) is 0.200. The summed E-state index contributed by atoms with van der Waals surface area (Å²) in [4.78, 5) is 12.9. The fourth-order valence-corrected chi connectivity index (χ4v) is 1.83. The number of para-hydroxylation sites is 1. The monoisotopic (exact) mass is 224 g/mol. The first-order valence-electron chi connectivity index (χ1n) is 4.50. The van der Waals surface area contributed by atoms with E-state index in [1.165, 1.54) is 17.0 Å². The number of carbonyl (C=O) groups is 1. The van der Waals surface area contributed by atoms with Gasteiger partial charge >= 0.3 is 0 Å². The average Bonchev–Trinajstić information content (AvgIpc) is 2.43. The smallest absolute Gasteiger partial charge is 0.255 e. The minimum atomic E-state index is -0.455. The predicted octanol–water partition coefficient (Wildman–Crippen LogP) is 1.44. The summed E-state index contributed by atoms with van der Waals surface area (Å²) in [5.74, 6) is -0.686. The minimum absolute atomic E-state index is 0.198. The van der Waals surface area contributed by atoms with Gasteiger partial charge in [0.15, 0.2) is 5.11 Å². The van der Waals surface area contributed by atoms with Crippen LogP contribution in [0.1, 0.15) is 6.92 Å². The Kier molecular flexibility index (Phi) is 2.40. The molecule has 0 aromatic heterocycles. The summed E-state index contributed by atoms with van der Waals surface area (Å²) in [5.41, 5.74) is 0.198. The van der Waals surface area contributed by atoms with Crippen LogP contribution in [0.25, 0.3) is 0 Å². The molecule has 3 nitrogen and oxygen atoms in total. The minimum Gasteiger partial charge on any atom is -0.350 e. The van der Waals surface area contributed by atoms with Gasteiger partial charge < -0.3 is 5.32 Å². The molecule has 1 aromatic carbocycles. The van der Waals surface area contributed by atoms with Crippen LogP contribution in [0.15, 0.2) is 24.3 Å². The van der Waals surface area contributed by atoms with Crippen molar-refractivity contribution in [3.63, 3.8) is 0 Å². The number of halogens is 1. The van der Waals surface area contributed by atoms with Crippen molar-refractivity contribution in [2.75, 3.05) is 4.90 Å². The van der Waals surface area contributed by atoms with Crippen molar-refractivity contribution in [3.05, 3.63) is 30.1 Å². The molecule has 2 rings (SSSR count). The molecule has 1 saturated heterocycles. The Labute approximate surface area is 91.9 Å². The summed E-state index contributed by atoms with van der Waals surface area (Å²) in [6.45, 7) is 1.69. The molecule has 15 heavy (non-hydrogen) atoms. The van der Waals surface area contributed by atoms with Crippen LogP contribution in [0.5, 0.6) is 0 Å². The predicted molar refractivity (Wildman–Crippen MR) is 59.1 cm³/mol. The van der Waals surface area contributed by atoms with Gasteiger partial charge in [-0.05, 0) is 31.3 Å². The van der Waals surface area contributed by atoms with E-state index in [4.69, 9.17) is 12.2 Å². The first-order chi connectivity index (χ1) is 7.11. The Hall–Kier alpha value is -1.49. The number of rotatable bonds is 1. The van der Waals surface area contributed by atoms with Gasteiger partial charge in [-0.15, -0.1) is 0 Å². The van der Waals surface area contributed by atoms with Gasteiger partial charge in [0.1, 0.15) is 11.9 Å². The second-order valence-corrected chi connectivity index (χ2v) is 3.68. The van der Waals surface area contributed by atoms with Crippen LogP contribution in [-0.2, 0) is 4.79 Å². The Morgan fingerprint density at radius 1 is 1.47 bits per heavy atom. The highest BCUT2D eigenvalue weighted by atomic mass is 32.1. The second kappa shape index (κ2) is 3.58. The third-order valence-corrected chi connectivity index (χ3v) is 2.53. The number of hydrogen-bond acceptors (Lipinski definition) is 2. The van der Waals surface area contributed by atoms with Crippen LogP contribution in [-0.4, -0.2) is 17.1 Å². The van der Waals surface area contributed by atoms with Crippen LogP contribution in [0.3, 0.4) is 0 Å². The molecule has 0 bridgehead atoms. The Morgan fingerprint density at radius 2 is 2.13 bits per heavy atom. The molecule has 78 valence electrons. The van der Waals surface area contributed by atoms with Crippen LogP contribution >= 0.6 is 12.2 Å². The lowest BCUT2D eigenvalue weighted by Crippen LogP contribution is -2.31. The molecule has 1 unspecified atom stereocenters.